The Balaban J connectivity index is 1.70. The maximum absolute atomic E-state index is 11.6. The number of phenols is 1. The molecule has 4 heteroatoms. The molecule has 1 amide bonds. The van der Waals surface area contributed by atoms with Gasteiger partial charge in [-0.25, -0.2) is 5.43 Å². The Morgan fingerprint density at radius 3 is 2.55 bits per heavy atom. The summed E-state index contributed by atoms with van der Waals surface area (Å²) in [6.45, 7) is 0. The van der Waals surface area contributed by atoms with Gasteiger partial charge in [-0.3, -0.25) is 4.79 Å². The van der Waals surface area contributed by atoms with Crippen LogP contribution in [-0.2, 0) is 11.2 Å². The molecule has 0 aromatic heterocycles. The first-order valence-corrected chi connectivity index (χ1v) is 7.05. The standard InChI is InChI=1S/C18H18N2O2/c21-17-11-8-16(9-12-17)10-13-18(22)20-19-14-4-7-15-5-2-1-3-6-15/h1-9,11-12,14,21H,10,13H2,(H,20,22)/b7-4+,19-14+. The molecule has 0 bridgehead atoms. The molecule has 0 aliphatic heterocycles. The Morgan fingerprint density at radius 1 is 1.09 bits per heavy atom. The summed E-state index contributed by atoms with van der Waals surface area (Å²) >= 11 is 0. The highest BCUT2D eigenvalue weighted by Crippen LogP contribution is 2.10. The van der Waals surface area contributed by atoms with E-state index in [1.165, 1.54) is 0 Å². The van der Waals surface area contributed by atoms with Crippen molar-refractivity contribution < 1.29 is 9.90 Å². The summed E-state index contributed by atoms with van der Waals surface area (Å²) in [6.07, 6.45) is 6.19. The molecular weight excluding hydrogens is 276 g/mol. The Bertz CT molecular complexity index is 647. The van der Waals surface area contributed by atoms with E-state index in [0.29, 0.717) is 12.8 Å². The van der Waals surface area contributed by atoms with Gasteiger partial charge in [0.1, 0.15) is 5.75 Å². The molecular formula is C18H18N2O2. The average molecular weight is 294 g/mol. The largest absolute Gasteiger partial charge is 0.508 e. The number of hydrogen-bond donors (Lipinski definition) is 2. The molecule has 0 unspecified atom stereocenters. The van der Waals surface area contributed by atoms with E-state index in [0.717, 1.165) is 11.1 Å². The molecule has 112 valence electrons. The maximum atomic E-state index is 11.6. The second-order valence-corrected chi connectivity index (χ2v) is 4.75. The third-order valence-corrected chi connectivity index (χ3v) is 3.02. The normalized spacial score (nSPS) is 11.1. The lowest BCUT2D eigenvalue weighted by atomic mass is 10.1. The topological polar surface area (TPSA) is 61.7 Å². The lowest BCUT2D eigenvalue weighted by molar-refractivity contribution is -0.121. The van der Waals surface area contributed by atoms with Gasteiger partial charge in [0, 0.05) is 12.6 Å². The maximum Gasteiger partial charge on any atom is 0.240 e. The zero-order valence-electron chi connectivity index (χ0n) is 12.1. The monoisotopic (exact) mass is 294 g/mol. The second-order valence-electron chi connectivity index (χ2n) is 4.75. The van der Waals surface area contributed by atoms with Gasteiger partial charge in [-0.2, -0.15) is 5.10 Å². The van der Waals surface area contributed by atoms with Crippen LogP contribution in [0.3, 0.4) is 0 Å². The highest BCUT2D eigenvalue weighted by molar-refractivity contribution is 5.81. The molecule has 0 heterocycles. The van der Waals surface area contributed by atoms with Crippen molar-refractivity contribution in [2.24, 2.45) is 5.10 Å². The number of hydrogen-bond acceptors (Lipinski definition) is 3. The van der Waals surface area contributed by atoms with Crippen molar-refractivity contribution in [2.75, 3.05) is 0 Å². The van der Waals surface area contributed by atoms with E-state index in [1.54, 1.807) is 36.6 Å². The van der Waals surface area contributed by atoms with Crippen molar-refractivity contribution in [1.82, 2.24) is 5.43 Å². The van der Waals surface area contributed by atoms with Crippen LogP contribution >= 0.6 is 0 Å². The molecule has 0 spiro atoms. The summed E-state index contributed by atoms with van der Waals surface area (Å²) in [5, 5.41) is 13.0. The second kappa shape index (κ2) is 8.42. The predicted octanol–water partition coefficient (Wildman–Crippen LogP) is 3.14. The van der Waals surface area contributed by atoms with Crippen LogP contribution in [0.5, 0.6) is 5.75 Å². The molecule has 2 aromatic rings. The lowest BCUT2D eigenvalue weighted by Crippen LogP contribution is -2.17. The van der Waals surface area contributed by atoms with Crippen LogP contribution in [-0.4, -0.2) is 17.2 Å². The number of hydrazone groups is 1. The van der Waals surface area contributed by atoms with Gasteiger partial charge in [0.25, 0.3) is 0 Å². The van der Waals surface area contributed by atoms with Gasteiger partial charge in [0.15, 0.2) is 0 Å². The fraction of sp³-hybridized carbons (Fsp3) is 0.111. The summed E-state index contributed by atoms with van der Waals surface area (Å²) in [4.78, 5) is 11.6. The molecule has 0 aliphatic rings. The highest BCUT2D eigenvalue weighted by Gasteiger charge is 2.00. The Morgan fingerprint density at radius 2 is 1.82 bits per heavy atom. The molecule has 0 atom stereocenters. The van der Waals surface area contributed by atoms with E-state index < -0.39 is 0 Å². The Kier molecular flexibility index (Phi) is 5.93. The number of carbonyl (C=O) groups is 1. The zero-order valence-corrected chi connectivity index (χ0v) is 12.1. The summed E-state index contributed by atoms with van der Waals surface area (Å²) in [7, 11) is 0. The van der Waals surface area contributed by atoms with Crippen LogP contribution in [0.1, 0.15) is 17.5 Å². The lowest BCUT2D eigenvalue weighted by Gasteiger charge is -2.01. The van der Waals surface area contributed by atoms with Gasteiger partial charge in [-0.15, -0.1) is 0 Å². The van der Waals surface area contributed by atoms with E-state index in [-0.39, 0.29) is 11.7 Å². The van der Waals surface area contributed by atoms with Crippen molar-refractivity contribution in [3.8, 4) is 5.75 Å². The molecule has 2 N–H and O–H groups in total. The molecule has 0 saturated heterocycles. The van der Waals surface area contributed by atoms with E-state index in [9.17, 15) is 9.90 Å². The first-order chi connectivity index (χ1) is 10.7. The van der Waals surface area contributed by atoms with E-state index >= 15 is 0 Å². The first-order valence-electron chi connectivity index (χ1n) is 7.05. The van der Waals surface area contributed by atoms with Gasteiger partial charge in [-0.1, -0.05) is 48.5 Å². The number of phenolic OH excluding ortho intramolecular Hbond substituents is 1. The van der Waals surface area contributed by atoms with Crippen LogP contribution in [0.15, 0.2) is 65.8 Å². The highest BCUT2D eigenvalue weighted by atomic mass is 16.3. The van der Waals surface area contributed by atoms with E-state index in [2.05, 4.69) is 10.5 Å². The number of carbonyl (C=O) groups excluding carboxylic acids is 1. The van der Waals surface area contributed by atoms with Crippen LogP contribution in [0, 0.1) is 0 Å². The molecule has 2 aromatic carbocycles. The minimum absolute atomic E-state index is 0.141. The minimum atomic E-state index is -0.141. The van der Waals surface area contributed by atoms with Crippen molar-refractivity contribution >= 4 is 18.2 Å². The Labute approximate surface area is 129 Å². The quantitative estimate of drug-likeness (QED) is 0.635. The predicted molar refractivity (Wildman–Crippen MR) is 88.5 cm³/mol. The third-order valence-electron chi connectivity index (χ3n) is 3.02. The molecule has 0 aliphatic carbocycles. The fourth-order valence-electron chi connectivity index (χ4n) is 1.85. The number of rotatable bonds is 6. The number of benzene rings is 2. The van der Waals surface area contributed by atoms with Crippen LogP contribution in [0.2, 0.25) is 0 Å². The zero-order chi connectivity index (χ0) is 15.6. The number of nitrogens with zero attached hydrogens (tertiary/aromatic N) is 1. The van der Waals surface area contributed by atoms with Crippen molar-refractivity contribution in [3.63, 3.8) is 0 Å². The SMILES string of the molecule is O=C(CCc1ccc(O)cc1)N/N=C/C=C/c1ccccc1. The van der Waals surface area contributed by atoms with Crippen molar-refractivity contribution in [2.45, 2.75) is 12.8 Å². The summed E-state index contributed by atoms with van der Waals surface area (Å²) < 4.78 is 0. The fourth-order valence-corrected chi connectivity index (χ4v) is 1.85. The molecule has 0 fully saturated rings. The van der Waals surface area contributed by atoms with Crippen LogP contribution < -0.4 is 5.43 Å². The van der Waals surface area contributed by atoms with E-state index in [4.69, 9.17) is 0 Å². The smallest absolute Gasteiger partial charge is 0.240 e. The van der Waals surface area contributed by atoms with Crippen LogP contribution in [0.25, 0.3) is 6.08 Å². The molecule has 0 radical (unpaired) electrons. The van der Waals surface area contributed by atoms with Gasteiger partial charge in [0.2, 0.25) is 5.91 Å². The molecule has 4 nitrogen and oxygen atoms in total. The van der Waals surface area contributed by atoms with Crippen molar-refractivity contribution in [1.29, 1.82) is 0 Å². The van der Waals surface area contributed by atoms with Gasteiger partial charge >= 0.3 is 0 Å². The van der Waals surface area contributed by atoms with Crippen LogP contribution in [0.4, 0.5) is 0 Å². The summed E-state index contributed by atoms with van der Waals surface area (Å²) in [5.74, 6) is 0.0837. The first kappa shape index (κ1) is 15.5. The molecule has 2 rings (SSSR count). The van der Waals surface area contributed by atoms with Gasteiger partial charge in [-0.05, 0) is 35.8 Å². The number of allylic oxidation sites excluding steroid dienone is 1. The molecule has 22 heavy (non-hydrogen) atoms. The Hall–Kier alpha value is -2.88. The number of aryl methyl sites for hydroxylation is 1. The average Bonchev–Trinajstić information content (AvgIpc) is 2.55. The number of amides is 1. The summed E-state index contributed by atoms with van der Waals surface area (Å²) in [6, 6.07) is 16.7. The summed E-state index contributed by atoms with van der Waals surface area (Å²) in [5.41, 5.74) is 4.56. The number of aromatic hydroxyl groups is 1. The van der Waals surface area contributed by atoms with E-state index in [1.807, 2.05) is 36.4 Å². The third kappa shape index (κ3) is 5.63. The number of nitrogens with one attached hydrogen (secondary N) is 1. The molecule has 0 saturated carbocycles. The van der Waals surface area contributed by atoms with Gasteiger partial charge in [0.05, 0.1) is 0 Å². The van der Waals surface area contributed by atoms with Gasteiger partial charge < -0.3 is 5.11 Å². The van der Waals surface area contributed by atoms with Crippen molar-refractivity contribution in [3.05, 3.63) is 71.8 Å². The minimum Gasteiger partial charge on any atom is -0.508 e.